The van der Waals surface area contributed by atoms with Crippen LogP contribution in [0.4, 0.5) is 4.79 Å². The van der Waals surface area contributed by atoms with Gasteiger partial charge in [-0.2, -0.15) is 0 Å². The van der Waals surface area contributed by atoms with Crippen molar-refractivity contribution in [2.24, 2.45) is 5.92 Å². The number of amides is 4. The van der Waals surface area contributed by atoms with E-state index < -0.39 is 11.6 Å². The van der Waals surface area contributed by atoms with Gasteiger partial charge in [-0.15, -0.1) is 0 Å². The van der Waals surface area contributed by atoms with Crippen molar-refractivity contribution in [2.75, 3.05) is 6.54 Å². The van der Waals surface area contributed by atoms with Crippen molar-refractivity contribution in [3.8, 4) is 0 Å². The predicted molar refractivity (Wildman–Crippen MR) is 110 cm³/mol. The molecule has 0 unspecified atom stereocenters. The molecule has 4 amide bonds. The fourth-order valence-electron chi connectivity index (χ4n) is 5.18. The van der Waals surface area contributed by atoms with Gasteiger partial charge in [0, 0.05) is 0 Å². The topological polar surface area (TPSA) is 78.5 Å². The van der Waals surface area contributed by atoms with E-state index in [-0.39, 0.29) is 30.3 Å². The molecule has 2 aliphatic carbocycles. The summed E-state index contributed by atoms with van der Waals surface area (Å²) in [5.41, 5.74) is 3.02. The van der Waals surface area contributed by atoms with Gasteiger partial charge >= 0.3 is 6.03 Å². The van der Waals surface area contributed by atoms with Crippen LogP contribution in [-0.2, 0) is 22.4 Å². The number of fused-ring (bicyclic) bond motifs is 1. The van der Waals surface area contributed by atoms with E-state index in [4.69, 9.17) is 0 Å². The summed E-state index contributed by atoms with van der Waals surface area (Å²) in [6, 6.07) is 5.81. The van der Waals surface area contributed by atoms with Crippen LogP contribution in [0, 0.1) is 5.92 Å². The molecule has 0 bridgehead atoms. The first-order valence-corrected chi connectivity index (χ1v) is 11.0. The molecule has 2 N–H and O–H groups in total. The van der Waals surface area contributed by atoms with E-state index >= 15 is 0 Å². The molecule has 1 spiro atoms. The number of benzene rings is 1. The molecule has 1 saturated heterocycles. The van der Waals surface area contributed by atoms with E-state index in [9.17, 15) is 14.4 Å². The molecule has 6 heteroatoms. The highest BCUT2D eigenvalue weighted by molar-refractivity contribution is 6.09. The largest absolute Gasteiger partial charge is 0.348 e. The van der Waals surface area contributed by atoms with Crippen LogP contribution in [0.3, 0.4) is 0 Å². The molecule has 0 aromatic heterocycles. The highest BCUT2D eigenvalue weighted by atomic mass is 16.2. The number of carbonyl (C=O) groups is 3. The van der Waals surface area contributed by atoms with E-state index in [1.165, 1.54) is 24.0 Å². The fraction of sp³-hybridized carbons (Fsp3) is 0.609. The third-order valence-corrected chi connectivity index (χ3v) is 7.05. The first kappa shape index (κ1) is 19.9. The summed E-state index contributed by atoms with van der Waals surface area (Å²) in [5, 5.41) is 5.86. The third kappa shape index (κ3) is 3.65. The van der Waals surface area contributed by atoms with Crippen LogP contribution in [0.15, 0.2) is 18.2 Å². The normalized spacial score (nSPS) is 27.5. The lowest BCUT2D eigenvalue weighted by Crippen LogP contribution is -2.54. The van der Waals surface area contributed by atoms with Crippen LogP contribution in [0.25, 0.3) is 0 Å². The van der Waals surface area contributed by atoms with E-state index in [0.29, 0.717) is 6.42 Å². The van der Waals surface area contributed by atoms with E-state index in [1.807, 2.05) is 13.8 Å². The maximum Gasteiger partial charge on any atom is 0.325 e. The number of urea groups is 1. The molecule has 1 saturated carbocycles. The molecule has 6 nitrogen and oxygen atoms in total. The number of hydrogen-bond acceptors (Lipinski definition) is 3. The summed E-state index contributed by atoms with van der Waals surface area (Å²) in [6.07, 6.45) is 8.24. The Balaban J connectivity index is 1.40. The van der Waals surface area contributed by atoms with Gasteiger partial charge in [0.2, 0.25) is 5.91 Å². The summed E-state index contributed by atoms with van der Waals surface area (Å²) in [6.45, 7) is 3.73. The summed E-state index contributed by atoms with van der Waals surface area (Å²) in [5.74, 6) is -0.458. The Kier molecular flexibility index (Phi) is 5.36. The average Bonchev–Trinajstić information content (AvgIpc) is 2.94. The van der Waals surface area contributed by atoms with Crippen LogP contribution in [0.1, 0.15) is 75.1 Å². The Morgan fingerprint density at radius 3 is 2.72 bits per heavy atom. The highest BCUT2D eigenvalue weighted by Crippen LogP contribution is 2.38. The molecular formula is C23H31N3O3. The molecule has 29 heavy (non-hydrogen) atoms. The van der Waals surface area contributed by atoms with Crippen LogP contribution >= 0.6 is 0 Å². The van der Waals surface area contributed by atoms with Crippen LogP contribution in [0.2, 0.25) is 0 Å². The lowest BCUT2D eigenvalue weighted by Gasteiger charge is -2.36. The Morgan fingerprint density at radius 1 is 1.21 bits per heavy atom. The molecule has 4 rings (SSSR count). The fourth-order valence-corrected chi connectivity index (χ4v) is 5.18. The predicted octanol–water partition coefficient (Wildman–Crippen LogP) is 3.24. The minimum Gasteiger partial charge on any atom is -0.348 e. The molecule has 156 valence electrons. The van der Waals surface area contributed by atoms with Gasteiger partial charge in [-0.05, 0) is 68.1 Å². The first-order valence-electron chi connectivity index (χ1n) is 11.0. The zero-order valence-electron chi connectivity index (χ0n) is 17.4. The SMILES string of the molecule is C[C@H](NC(=O)CN1C(=O)N[C@]2(CCCC[C@@H]2C)C1=O)c1ccc2c(c1)CCCC2. The molecule has 1 aromatic carbocycles. The molecule has 3 aliphatic rings. The van der Waals surface area contributed by atoms with Crippen molar-refractivity contribution in [3.05, 3.63) is 34.9 Å². The van der Waals surface area contributed by atoms with Gasteiger partial charge in [0.05, 0.1) is 6.04 Å². The number of imide groups is 1. The number of hydrogen-bond donors (Lipinski definition) is 2. The minimum absolute atomic E-state index is 0.0928. The Bertz CT molecular complexity index is 837. The van der Waals surface area contributed by atoms with Crippen molar-refractivity contribution in [1.29, 1.82) is 0 Å². The number of rotatable bonds is 4. The lowest BCUT2D eigenvalue weighted by molar-refractivity contribution is -0.137. The van der Waals surface area contributed by atoms with Gasteiger partial charge in [0.15, 0.2) is 0 Å². The number of nitrogens with one attached hydrogen (secondary N) is 2. The highest BCUT2D eigenvalue weighted by Gasteiger charge is 2.55. The van der Waals surface area contributed by atoms with Crippen LogP contribution in [0.5, 0.6) is 0 Å². The van der Waals surface area contributed by atoms with Gasteiger partial charge in [0.1, 0.15) is 12.1 Å². The van der Waals surface area contributed by atoms with E-state index in [0.717, 1.165) is 42.6 Å². The molecule has 1 heterocycles. The van der Waals surface area contributed by atoms with E-state index in [1.54, 1.807) is 0 Å². The third-order valence-electron chi connectivity index (χ3n) is 7.05. The summed E-state index contributed by atoms with van der Waals surface area (Å²) >= 11 is 0. The molecule has 2 fully saturated rings. The molecular weight excluding hydrogens is 366 g/mol. The van der Waals surface area contributed by atoms with Crippen molar-refractivity contribution < 1.29 is 14.4 Å². The zero-order valence-corrected chi connectivity index (χ0v) is 17.4. The quantitative estimate of drug-likeness (QED) is 0.766. The zero-order chi connectivity index (χ0) is 20.6. The van der Waals surface area contributed by atoms with E-state index in [2.05, 4.69) is 28.8 Å². The van der Waals surface area contributed by atoms with Gasteiger partial charge in [0.25, 0.3) is 5.91 Å². The van der Waals surface area contributed by atoms with Crippen molar-refractivity contribution in [3.63, 3.8) is 0 Å². The standard InChI is InChI=1S/C23H31N3O3/c1-15-7-5-6-12-23(15)21(28)26(22(29)25-23)14-20(27)24-16(2)18-11-10-17-8-3-4-9-19(17)13-18/h10-11,13,15-16H,3-9,12,14H2,1-2H3,(H,24,27)(H,25,29)/t15-,16-,23-/m0/s1. The second-order valence-electron chi connectivity index (χ2n) is 8.96. The second-order valence-corrected chi connectivity index (χ2v) is 8.96. The number of nitrogens with zero attached hydrogens (tertiary/aromatic N) is 1. The van der Waals surface area contributed by atoms with Gasteiger partial charge in [-0.25, -0.2) is 4.79 Å². The Hall–Kier alpha value is -2.37. The minimum atomic E-state index is -0.820. The average molecular weight is 398 g/mol. The first-order chi connectivity index (χ1) is 13.9. The molecule has 3 atom stereocenters. The van der Waals surface area contributed by atoms with Crippen molar-refractivity contribution in [1.82, 2.24) is 15.5 Å². The van der Waals surface area contributed by atoms with Gasteiger partial charge < -0.3 is 10.6 Å². The second kappa shape index (κ2) is 7.81. The summed E-state index contributed by atoms with van der Waals surface area (Å²) < 4.78 is 0. The monoisotopic (exact) mass is 397 g/mol. The smallest absolute Gasteiger partial charge is 0.325 e. The van der Waals surface area contributed by atoms with Gasteiger partial charge in [-0.1, -0.05) is 38.0 Å². The Labute approximate surface area is 172 Å². The lowest BCUT2D eigenvalue weighted by atomic mass is 9.73. The number of aryl methyl sites for hydroxylation is 2. The van der Waals surface area contributed by atoms with Crippen LogP contribution < -0.4 is 10.6 Å². The number of carbonyl (C=O) groups excluding carboxylic acids is 3. The van der Waals surface area contributed by atoms with Crippen molar-refractivity contribution >= 4 is 17.8 Å². The summed E-state index contributed by atoms with van der Waals surface area (Å²) in [7, 11) is 0. The van der Waals surface area contributed by atoms with Gasteiger partial charge in [-0.3, -0.25) is 14.5 Å². The van der Waals surface area contributed by atoms with Crippen molar-refractivity contribution in [2.45, 2.75) is 76.8 Å². The molecule has 1 aliphatic heterocycles. The summed E-state index contributed by atoms with van der Waals surface area (Å²) in [4.78, 5) is 39.2. The molecule has 1 aromatic rings. The van der Waals surface area contributed by atoms with Crippen LogP contribution in [-0.4, -0.2) is 34.8 Å². The maximum atomic E-state index is 13.0. The maximum absolute atomic E-state index is 13.0. The Morgan fingerprint density at radius 2 is 1.97 bits per heavy atom. The molecule has 0 radical (unpaired) electrons.